The van der Waals surface area contributed by atoms with Gasteiger partial charge in [0.1, 0.15) is 5.82 Å². The number of hydrogen-bond donors (Lipinski definition) is 1. The number of methoxy groups -OCH3 is 2. The molecule has 0 fully saturated rings. The molecule has 0 aliphatic rings. The third-order valence-corrected chi connectivity index (χ3v) is 3.56. The van der Waals surface area contributed by atoms with E-state index in [2.05, 4.69) is 15.9 Å². The molecule has 106 valence electrons. The summed E-state index contributed by atoms with van der Waals surface area (Å²) in [5.74, 6) is 0.833. The van der Waals surface area contributed by atoms with Gasteiger partial charge in [0, 0.05) is 10.0 Å². The van der Waals surface area contributed by atoms with Crippen molar-refractivity contribution < 1.29 is 13.9 Å². The highest BCUT2D eigenvalue weighted by Crippen LogP contribution is 2.32. The average molecular weight is 340 g/mol. The molecule has 0 saturated carbocycles. The summed E-state index contributed by atoms with van der Waals surface area (Å²) in [6, 6.07) is 9.57. The molecule has 0 saturated heterocycles. The average Bonchev–Trinajstić information content (AvgIpc) is 2.45. The lowest BCUT2D eigenvalue weighted by molar-refractivity contribution is 0.354. The molecule has 2 rings (SSSR count). The van der Waals surface area contributed by atoms with Crippen LogP contribution in [0.5, 0.6) is 11.5 Å². The highest BCUT2D eigenvalue weighted by atomic mass is 79.9. The Morgan fingerprint density at radius 3 is 2.35 bits per heavy atom. The van der Waals surface area contributed by atoms with Crippen LogP contribution >= 0.6 is 15.9 Å². The molecule has 0 aliphatic carbocycles. The highest BCUT2D eigenvalue weighted by Gasteiger charge is 2.16. The topological polar surface area (TPSA) is 44.5 Å². The summed E-state index contributed by atoms with van der Waals surface area (Å²) >= 11 is 3.23. The van der Waals surface area contributed by atoms with Gasteiger partial charge < -0.3 is 15.2 Å². The predicted octanol–water partition coefficient (Wildman–Crippen LogP) is 3.65. The van der Waals surface area contributed by atoms with Crippen LogP contribution in [0.25, 0.3) is 0 Å². The Morgan fingerprint density at radius 2 is 1.75 bits per heavy atom. The Kier molecular flexibility index (Phi) is 4.62. The number of hydrogen-bond acceptors (Lipinski definition) is 3. The van der Waals surface area contributed by atoms with Crippen molar-refractivity contribution in [2.24, 2.45) is 5.73 Å². The Balaban J connectivity index is 2.40. The molecule has 0 radical (unpaired) electrons. The van der Waals surface area contributed by atoms with Crippen molar-refractivity contribution in [1.82, 2.24) is 0 Å². The number of ether oxygens (including phenoxy) is 2. The molecule has 0 aromatic heterocycles. The van der Waals surface area contributed by atoms with E-state index < -0.39 is 6.04 Å². The molecule has 1 atom stereocenters. The second-order valence-corrected chi connectivity index (χ2v) is 5.17. The van der Waals surface area contributed by atoms with Crippen LogP contribution in [-0.2, 0) is 0 Å². The monoisotopic (exact) mass is 339 g/mol. The van der Waals surface area contributed by atoms with Gasteiger partial charge in [-0.2, -0.15) is 0 Å². The van der Waals surface area contributed by atoms with E-state index in [4.69, 9.17) is 15.2 Å². The van der Waals surface area contributed by atoms with Gasteiger partial charge in [-0.15, -0.1) is 0 Å². The fourth-order valence-corrected chi connectivity index (χ4v) is 2.31. The van der Waals surface area contributed by atoms with Crippen LogP contribution in [0.3, 0.4) is 0 Å². The standard InChI is InChI=1S/C15H15BrFNO2/c1-19-13-6-3-9(7-14(13)20-2)15(18)11-5-4-10(16)8-12(11)17/h3-8,15H,18H2,1-2H3. The summed E-state index contributed by atoms with van der Waals surface area (Å²) in [5.41, 5.74) is 7.32. The molecule has 5 heteroatoms. The predicted molar refractivity (Wildman–Crippen MR) is 79.7 cm³/mol. The van der Waals surface area contributed by atoms with Crippen molar-refractivity contribution in [3.05, 3.63) is 57.8 Å². The Morgan fingerprint density at radius 1 is 1.05 bits per heavy atom. The minimum atomic E-state index is -0.567. The molecule has 0 spiro atoms. The van der Waals surface area contributed by atoms with Crippen LogP contribution in [0.15, 0.2) is 40.9 Å². The maximum absolute atomic E-state index is 13.9. The molecule has 0 amide bonds. The van der Waals surface area contributed by atoms with E-state index in [1.165, 1.54) is 6.07 Å². The Hall–Kier alpha value is -1.59. The third-order valence-electron chi connectivity index (χ3n) is 3.06. The summed E-state index contributed by atoms with van der Waals surface area (Å²) in [6.45, 7) is 0. The van der Waals surface area contributed by atoms with E-state index >= 15 is 0 Å². The minimum absolute atomic E-state index is 0.346. The van der Waals surface area contributed by atoms with E-state index in [-0.39, 0.29) is 5.82 Å². The van der Waals surface area contributed by atoms with Crippen molar-refractivity contribution in [3.63, 3.8) is 0 Å². The maximum Gasteiger partial charge on any atom is 0.161 e. The fourth-order valence-electron chi connectivity index (χ4n) is 1.98. The van der Waals surface area contributed by atoms with Gasteiger partial charge in [0.25, 0.3) is 0 Å². The van der Waals surface area contributed by atoms with Crippen LogP contribution in [-0.4, -0.2) is 14.2 Å². The first-order valence-electron chi connectivity index (χ1n) is 5.99. The van der Waals surface area contributed by atoms with Crippen molar-refractivity contribution in [1.29, 1.82) is 0 Å². The summed E-state index contributed by atoms with van der Waals surface area (Å²) < 4.78 is 25.0. The second kappa shape index (κ2) is 6.24. The van der Waals surface area contributed by atoms with E-state index in [1.807, 2.05) is 0 Å². The Bertz CT molecular complexity index is 619. The first-order chi connectivity index (χ1) is 9.56. The molecule has 0 aliphatic heterocycles. The molecular weight excluding hydrogens is 325 g/mol. The molecule has 2 aromatic rings. The summed E-state index contributed by atoms with van der Waals surface area (Å²) in [7, 11) is 3.11. The zero-order chi connectivity index (χ0) is 14.7. The Labute approximate surface area is 125 Å². The van der Waals surface area contributed by atoms with Crippen LogP contribution in [0.1, 0.15) is 17.2 Å². The van der Waals surface area contributed by atoms with E-state index in [0.717, 1.165) is 5.56 Å². The summed E-state index contributed by atoms with van der Waals surface area (Å²) in [5, 5.41) is 0. The van der Waals surface area contributed by atoms with Crippen LogP contribution in [0.2, 0.25) is 0 Å². The quantitative estimate of drug-likeness (QED) is 0.924. The molecule has 20 heavy (non-hydrogen) atoms. The first-order valence-corrected chi connectivity index (χ1v) is 6.78. The first kappa shape index (κ1) is 14.8. The zero-order valence-electron chi connectivity index (χ0n) is 11.2. The van der Waals surface area contributed by atoms with Gasteiger partial charge in [-0.3, -0.25) is 0 Å². The lowest BCUT2D eigenvalue weighted by Gasteiger charge is -2.16. The number of nitrogens with two attached hydrogens (primary N) is 1. The fraction of sp³-hybridized carbons (Fsp3) is 0.200. The normalized spacial score (nSPS) is 12.1. The zero-order valence-corrected chi connectivity index (χ0v) is 12.8. The van der Waals surface area contributed by atoms with Gasteiger partial charge in [0.2, 0.25) is 0 Å². The molecule has 0 heterocycles. The van der Waals surface area contributed by atoms with Crippen molar-refractivity contribution >= 4 is 15.9 Å². The molecule has 2 N–H and O–H groups in total. The molecule has 0 bridgehead atoms. The van der Waals surface area contributed by atoms with E-state index in [9.17, 15) is 4.39 Å². The lowest BCUT2D eigenvalue weighted by atomic mass is 9.99. The third kappa shape index (κ3) is 2.94. The smallest absolute Gasteiger partial charge is 0.161 e. The summed E-state index contributed by atoms with van der Waals surface area (Å²) in [4.78, 5) is 0. The molecule has 2 aromatic carbocycles. The van der Waals surface area contributed by atoms with E-state index in [0.29, 0.717) is 21.5 Å². The van der Waals surface area contributed by atoms with Crippen molar-refractivity contribution in [2.75, 3.05) is 14.2 Å². The highest BCUT2D eigenvalue weighted by molar-refractivity contribution is 9.10. The number of halogens is 2. The summed E-state index contributed by atoms with van der Waals surface area (Å²) in [6.07, 6.45) is 0. The number of rotatable bonds is 4. The van der Waals surface area contributed by atoms with Crippen molar-refractivity contribution in [2.45, 2.75) is 6.04 Å². The number of benzene rings is 2. The minimum Gasteiger partial charge on any atom is -0.493 e. The van der Waals surface area contributed by atoms with Gasteiger partial charge >= 0.3 is 0 Å². The van der Waals surface area contributed by atoms with E-state index in [1.54, 1.807) is 44.6 Å². The van der Waals surface area contributed by atoms with Crippen LogP contribution < -0.4 is 15.2 Å². The van der Waals surface area contributed by atoms with Gasteiger partial charge in [-0.25, -0.2) is 4.39 Å². The second-order valence-electron chi connectivity index (χ2n) is 4.26. The van der Waals surface area contributed by atoms with Gasteiger partial charge in [0.15, 0.2) is 11.5 Å². The largest absolute Gasteiger partial charge is 0.493 e. The molecule has 3 nitrogen and oxygen atoms in total. The maximum atomic E-state index is 13.9. The van der Waals surface area contributed by atoms with Gasteiger partial charge in [-0.05, 0) is 29.8 Å². The van der Waals surface area contributed by atoms with Gasteiger partial charge in [0.05, 0.1) is 20.3 Å². The molecular formula is C15H15BrFNO2. The molecule has 1 unspecified atom stereocenters. The van der Waals surface area contributed by atoms with Crippen molar-refractivity contribution in [3.8, 4) is 11.5 Å². The lowest BCUT2D eigenvalue weighted by Crippen LogP contribution is -2.13. The van der Waals surface area contributed by atoms with Gasteiger partial charge in [-0.1, -0.05) is 28.1 Å². The SMILES string of the molecule is COc1ccc(C(N)c2ccc(Br)cc2F)cc1OC. The van der Waals surface area contributed by atoms with Crippen LogP contribution in [0.4, 0.5) is 4.39 Å². The van der Waals surface area contributed by atoms with Crippen LogP contribution in [0, 0.1) is 5.82 Å².